The molecule has 1 aliphatic rings. The second-order valence-corrected chi connectivity index (χ2v) is 4.63. The van der Waals surface area contributed by atoms with E-state index in [-0.39, 0.29) is 17.9 Å². The SMILES string of the molecule is CCC(C)[C@H](N)C(=O)NCCC1CCCO1. The van der Waals surface area contributed by atoms with Crippen LogP contribution >= 0.6 is 0 Å². The van der Waals surface area contributed by atoms with Crippen molar-refractivity contribution in [2.24, 2.45) is 11.7 Å². The van der Waals surface area contributed by atoms with Gasteiger partial charge in [-0.2, -0.15) is 0 Å². The van der Waals surface area contributed by atoms with Crippen molar-refractivity contribution in [1.29, 1.82) is 0 Å². The predicted molar refractivity (Wildman–Crippen MR) is 64.0 cm³/mol. The van der Waals surface area contributed by atoms with Crippen LogP contribution in [0.2, 0.25) is 0 Å². The highest BCUT2D eigenvalue weighted by Crippen LogP contribution is 2.14. The fourth-order valence-corrected chi connectivity index (χ4v) is 1.86. The fraction of sp³-hybridized carbons (Fsp3) is 0.917. The van der Waals surface area contributed by atoms with E-state index in [1.807, 2.05) is 13.8 Å². The highest BCUT2D eigenvalue weighted by atomic mass is 16.5. The van der Waals surface area contributed by atoms with Crippen LogP contribution in [0.4, 0.5) is 0 Å². The van der Waals surface area contributed by atoms with E-state index in [4.69, 9.17) is 10.5 Å². The number of amides is 1. The van der Waals surface area contributed by atoms with Gasteiger partial charge in [0.25, 0.3) is 0 Å². The Kier molecular flexibility index (Phi) is 5.77. The second-order valence-electron chi connectivity index (χ2n) is 4.63. The molecule has 0 aromatic carbocycles. The van der Waals surface area contributed by atoms with Crippen molar-refractivity contribution in [2.75, 3.05) is 13.2 Å². The Hall–Kier alpha value is -0.610. The maximum Gasteiger partial charge on any atom is 0.237 e. The van der Waals surface area contributed by atoms with Gasteiger partial charge in [0.15, 0.2) is 0 Å². The van der Waals surface area contributed by atoms with Crippen molar-refractivity contribution in [3.05, 3.63) is 0 Å². The van der Waals surface area contributed by atoms with Gasteiger partial charge in [0.2, 0.25) is 5.91 Å². The van der Waals surface area contributed by atoms with Gasteiger partial charge >= 0.3 is 0 Å². The molecule has 4 heteroatoms. The number of carbonyl (C=O) groups excluding carboxylic acids is 1. The fourth-order valence-electron chi connectivity index (χ4n) is 1.86. The largest absolute Gasteiger partial charge is 0.378 e. The molecule has 3 atom stereocenters. The molecule has 94 valence electrons. The van der Waals surface area contributed by atoms with E-state index in [0.29, 0.717) is 12.6 Å². The summed E-state index contributed by atoms with van der Waals surface area (Å²) < 4.78 is 5.48. The third-order valence-corrected chi connectivity index (χ3v) is 3.35. The van der Waals surface area contributed by atoms with Crippen molar-refractivity contribution >= 4 is 5.91 Å². The summed E-state index contributed by atoms with van der Waals surface area (Å²) in [7, 11) is 0. The van der Waals surface area contributed by atoms with Crippen LogP contribution in [0.25, 0.3) is 0 Å². The first-order chi connectivity index (χ1) is 7.65. The van der Waals surface area contributed by atoms with Gasteiger partial charge in [0.1, 0.15) is 0 Å². The summed E-state index contributed by atoms with van der Waals surface area (Å²) in [6.07, 6.45) is 4.43. The lowest BCUT2D eigenvalue weighted by Gasteiger charge is -2.18. The van der Waals surface area contributed by atoms with Crippen LogP contribution in [0, 0.1) is 5.92 Å². The molecule has 3 N–H and O–H groups in total. The summed E-state index contributed by atoms with van der Waals surface area (Å²) in [5, 5.41) is 2.88. The van der Waals surface area contributed by atoms with Crippen molar-refractivity contribution in [2.45, 2.75) is 51.7 Å². The van der Waals surface area contributed by atoms with Crippen molar-refractivity contribution < 1.29 is 9.53 Å². The average molecular weight is 228 g/mol. The van der Waals surface area contributed by atoms with Gasteiger partial charge in [-0.05, 0) is 25.2 Å². The summed E-state index contributed by atoms with van der Waals surface area (Å²) in [5.74, 6) is 0.204. The van der Waals surface area contributed by atoms with Crippen molar-refractivity contribution in [1.82, 2.24) is 5.32 Å². The van der Waals surface area contributed by atoms with Crippen LogP contribution in [0.3, 0.4) is 0 Å². The molecule has 1 amide bonds. The van der Waals surface area contributed by atoms with Gasteiger partial charge in [-0.25, -0.2) is 0 Å². The Morgan fingerprint density at radius 2 is 2.38 bits per heavy atom. The maximum atomic E-state index is 11.6. The monoisotopic (exact) mass is 228 g/mol. The van der Waals surface area contributed by atoms with Crippen molar-refractivity contribution in [3.63, 3.8) is 0 Å². The lowest BCUT2D eigenvalue weighted by molar-refractivity contribution is -0.123. The lowest BCUT2D eigenvalue weighted by atomic mass is 9.99. The molecular formula is C12H24N2O2. The molecule has 1 rings (SSSR count). The van der Waals surface area contributed by atoms with Crippen LogP contribution in [0.5, 0.6) is 0 Å². The molecule has 0 bridgehead atoms. The van der Waals surface area contributed by atoms with E-state index in [1.165, 1.54) is 0 Å². The third-order valence-electron chi connectivity index (χ3n) is 3.35. The normalized spacial score (nSPS) is 24.1. The molecule has 0 spiro atoms. The number of nitrogens with one attached hydrogen (secondary N) is 1. The number of rotatable bonds is 6. The van der Waals surface area contributed by atoms with Crippen LogP contribution in [-0.2, 0) is 9.53 Å². The van der Waals surface area contributed by atoms with Gasteiger partial charge in [-0.15, -0.1) is 0 Å². The smallest absolute Gasteiger partial charge is 0.237 e. The third kappa shape index (κ3) is 4.10. The van der Waals surface area contributed by atoms with Gasteiger partial charge in [-0.1, -0.05) is 20.3 Å². The minimum absolute atomic E-state index is 0.0349. The second kappa shape index (κ2) is 6.86. The Bertz CT molecular complexity index is 215. The van der Waals surface area contributed by atoms with Crippen molar-refractivity contribution in [3.8, 4) is 0 Å². The Morgan fingerprint density at radius 3 is 2.94 bits per heavy atom. The zero-order valence-corrected chi connectivity index (χ0v) is 10.4. The molecule has 0 aliphatic carbocycles. The number of hydrogen-bond donors (Lipinski definition) is 2. The Balaban J connectivity index is 2.13. The number of carbonyl (C=O) groups is 1. The summed E-state index contributed by atoms with van der Waals surface area (Å²) >= 11 is 0. The molecule has 4 nitrogen and oxygen atoms in total. The van der Waals surface area contributed by atoms with Crippen LogP contribution in [0.1, 0.15) is 39.5 Å². The molecule has 1 saturated heterocycles. The van der Waals surface area contributed by atoms with E-state index >= 15 is 0 Å². The van der Waals surface area contributed by atoms with E-state index in [9.17, 15) is 4.79 Å². The van der Waals surface area contributed by atoms with Gasteiger partial charge < -0.3 is 15.8 Å². The maximum absolute atomic E-state index is 11.6. The molecule has 0 aromatic heterocycles. The topological polar surface area (TPSA) is 64.4 Å². The highest BCUT2D eigenvalue weighted by molar-refractivity contribution is 5.81. The van der Waals surface area contributed by atoms with E-state index in [2.05, 4.69) is 5.32 Å². The summed E-state index contributed by atoms with van der Waals surface area (Å²) in [6, 6.07) is -0.380. The first-order valence-electron chi connectivity index (χ1n) is 6.30. The Morgan fingerprint density at radius 1 is 1.62 bits per heavy atom. The first-order valence-corrected chi connectivity index (χ1v) is 6.30. The summed E-state index contributed by atoms with van der Waals surface area (Å²) in [5.41, 5.74) is 5.82. The standard InChI is InChI=1S/C12H24N2O2/c1-3-9(2)11(13)12(15)14-7-6-10-5-4-8-16-10/h9-11H,3-8,13H2,1-2H3,(H,14,15)/t9?,10?,11-/m0/s1. The quantitative estimate of drug-likeness (QED) is 0.714. The minimum Gasteiger partial charge on any atom is -0.378 e. The van der Waals surface area contributed by atoms with Crippen LogP contribution < -0.4 is 11.1 Å². The molecule has 0 aromatic rings. The highest BCUT2D eigenvalue weighted by Gasteiger charge is 2.20. The van der Waals surface area contributed by atoms with E-state index in [1.54, 1.807) is 0 Å². The number of hydrogen-bond acceptors (Lipinski definition) is 3. The molecule has 1 fully saturated rings. The first kappa shape index (κ1) is 13.5. The van der Waals surface area contributed by atoms with Gasteiger partial charge in [0, 0.05) is 13.2 Å². The predicted octanol–water partition coefficient (Wildman–Crippen LogP) is 1.05. The zero-order valence-electron chi connectivity index (χ0n) is 10.4. The van der Waals surface area contributed by atoms with Crippen LogP contribution in [0.15, 0.2) is 0 Å². The molecule has 0 radical (unpaired) electrons. The van der Waals surface area contributed by atoms with Crippen LogP contribution in [-0.4, -0.2) is 31.2 Å². The minimum atomic E-state index is -0.380. The Labute approximate surface area is 97.9 Å². The molecule has 1 heterocycles. The summed E-state index contributed by atoms with van der Waals surface area (Å²) in [6.45, 7) is 5.59. The van der Waals surface area contributed by atoms with E-state index < -0.39 is 0 Å². The average Bonchev–Trinajstić information content (AvgIpc) is 2.79. The number of ether oxygens (including phenoxy) is 1. The summed E-state index contributed by atoms with van der Waals surface area (Å²) in [4.78, 5) is 11.6. The molecule has 0 saturated carbocycles. The lowest BCUT2D eigenvalue weighted by Crippen LogP contribution is -2.45. The molecular weight excluding hydrogens is 204 g/mol. The molecule has 1 aliphatic heterocycles. The molecule has 2 unspecified atom stereocenters. The van der Waals surface area contributed by atoms with E-state index in [0.717, 1.165) is 32.3 Å². The number of nitrogens with two attached hydrogens (primary N) is 1. The van der Waals surface area contributed by atoms with Gasteiger partial charge in [0.05, 0.1) is 12.1 Å². The molecule has 16 heavy (non-hydrogen) atoms. The van der Waals surface area contributed by atoms with Gasteiger partial charge in [-0.3, -0.25) is 4.79 Å². The zero-order chi connectivity index (χ0) is 12.0.